The average molecular weight is 369 g/mol. The van der Waals surface area contributed by atoms with Gasteiger partial charge in [0.05, 0.1) is 11.2 Å². The van der Waals surface area contributed by atoms with Gasteiger partial charge in [-0.3, -0.25) is 9.78 Å². The van der Waals surface area contributed by atoms with Crippen LogP contribution in [0.1, 0.15) is 28.7 Å². The van der Waals surface area contributed by atoms with Crippen LogP contribution in [0.2, 0.25) is 5.02 Å². The lowest BCUT2D eigenvalue weighted by Gasteiger charge is -2.10. The molecule has 0 saturated heterocycles. The van der Waals surface area contributed by atoms with Gasteiger partial charge in [-0.25, -0.2) is 9.97 Å². The van der Waals surface area contributed by atoms with Gasteiger partial charge < -0.3 is 10.1 Å². The smallest absolute Gasteiger partial charge is 0.275 e. The Kier molecular flexibility index (Phi) is 5.43. The lowest BCUT2D eigenvalue weighted by atomic mass is 10.2. The summed E-state index contributed by atoms with van der Waals surface area (Å²) in [5, 5.41) is 3.20. The zero-order valence-electron chi connectivity index (χ0n) is 14.4. The molecular formula is C19H17ClN4O2. The molecule has 3 aromatic heterocycles. The highest BCUT2D eigenvalue weighted by Gasteiger charge is 2.13. The summed E-state index contributed by atoms with van der Waals surface area (Å²) >= 11 is 5.93. The lowest BCUT2D eigenvalue weighted by molar-refractivity contribution is 0.102. The topological polar surface area (TPSA) is 77.0 Å². The molecule has 0 aliphatic rings. The summed E-state index contributed by atoms with van der Waals surface area (Å²) in [6.45, 7) is 3.88. The molecule has 0 unspecified atom stereocenters. The van der Waals surface area contributed by atoms with E-state index in [-0.39, 0.29) is 11.6 Å². The molecule has 7 heteroatoms. The number of hydrogen-bond acceptors (Lipinski definition) is 5. The van der Waals surface area contributed by atoms with Crippen LogP contribution in [0.25, 0.3) is 0 Å². The molecule has 1 N–H and O–H groups in total. The van der Waals surface area contributed by atoms with E-state index in [1.165, 1.54) is 6.20 Å². The molecule has 0 aliphatic carbocycles. The number of amides is 1. The van der Waals surface area contributed by atoms with Gasteiger partial charge in [0, 0.05) is 36.3 Å². The predicted octanol–water partition coefficient (Wildman–Crippen LogP) is 4.44. The van der Waals surface area contributed by atoms with E-state index in [2.05, 4.69) is 20.3 Å². The molecule has 6 nitrogen and oxygen atoms in total. The number of halogens is 1. The molecule has 0 fully saturated rings. The molecule has 0 bridgehead atoms. The Morgan fingerprint density at radius 2 is 2.00 bits per heavy atom. The summed E-state index contributed by atoms with van der Waals surface area (Å²) in [6, 6.07) is 8.62. The molecule has 0 aliphatic heterocycles. The number of rotatable bonds is 5. The SMILES string of the molecule is CCc1cc(Oc2cncc(Cl)c2)cc(C(=O)Nc2ccc(C)cn2)n1. The fourth-order valence-electron chi connectivity index (χ4n) is 2.22. The van der Waals surface area contributed by atoms with Gasteiger partial charge in [0.25, 0.3) is 5.91 Å². The molecule has 1 amide bonds. The van der Waals surface area contributed by atoms with E-state index < -0.39 is 0 Å². The van der Waals surface area contributed by atoms with Crippen molar-refractivity contribution in [3.63, 3.8) is 0 Å². The summed E-state index contributed by atoms with van der Waals surface area (Å²) < 4.78 is 5.78. The highest BCUT2D eigenvalue weighted by molar-refractivity contribution is 6.30. The van der Waals surface area contributed by atoms with Crippen LogP contribution < -0.4 is 10.1 Å². The van der Waals surface area contributed by atoms with Gasteiger partial charge in [-0.15, -0.1) is 0 Å². The van der Waals surface area contributed by atoms with Gasteiger partial charge in [-0.1, -0.05) is 24.6 Å². The van der Waals surface area contributed by atoms with E-state index in [0.717, 1.165) is 11.3 Å². The Labute approximate surface area is 156 Å². The standard InChI is InChI=1S/C19H17ClN4O2/c1-3-14-7-15(26-16-6-13(20)10-21-11-16)8-17(23-14)19(25)24-18-5-4-12(2)9-22-18/h4-11H,3H2,1-2H3,(H,22,24,25). The number of ether oxygens (including phenoxy) is 1. The fraction of sp³-hybridized carbons (Fsp3) is 0.158. The molecule has 0 radical (unpaired) electrons. The Morgan fingerprint density at radius 1 is 1.15 bits per heavy atom. The van der Waals surface area contributed by atoms with Crippen molar-refractivity contribution in [1.82, 2.24) is 15.0 Å². The molecule has 0 aromatic carbocycles. The van der Waals surface area contributed by atoms with Crippen molar-refractivity contribution in [2.45, 2.75) is 20.3 Å². The minimum Gasteiger partial charge on any atom is -0.456 e. The van der Waals surface area contributed by atoms with Crippen LogP contribution >= 0.6 is 11.6 Å². The molecule has 0 saturated carbocycles. The van der Waals surface area contributed by atoms with Crippen LogP contribution in [0.5, 0.6) is 11.5 Å². The van der Waals surface area contributed by atoms with Gasteiger partial charge in [-0.05, 0) is 25.0 Å². The number of pyridine rings is 3. The highest BCUT2D eigenvalue weighted by Crippen LogP contribution is 2.24. The number of nitrogens with one attached hydrogen (secondary N) is 1. The number of carbonyl (C=O) groups is 1. The third-order valence-electron chi connectivity index (χ3n) is 3.52. The lowest BCUT2D eigenvalue weighted by Crippen LogP contribution is -2.15. The summed E-state index contributed by atoms with van der Waals surface area (Å²) in [7, 11) is 0. The first-order chi connectivity index (χ1) is 12.5. The quantitative estimate of drug-likeness (QED) is 0.720. The summed E-state index contributed by atoms with van der Waals surface area (Å²) in [5.74, 6) is 1.08. The number of hydrogen-bond donors (Lipinski definition) is 1. The zero-order valence-corrected chi connectivity index (χ0v) is 15.1. The molecule has 3 aromatic rings. The molecule has 0 spiro atoms. The van der Waals surface area contributed by atoms with Gasteiger partial charge in [0.1, 0.15) is 23.0 Å². The molecule has 0 atom stereocenters. The summed E-state index contributed by atoms with van der Waals surface area (Å²) in [5.41, 5.74) is 2.00. The van der Waals surface area contributed by atoms with Crippen molar-refractivity contribution in [2.24, 2.45) is 0 Å². The van der Waals surface area contributed by atoms with Crippen molar-refractivity contribution >= 4 is 23.3 Å². The minimum atomic E-state index is -0.356. The van der Waals surface area contributed by atoms with Crippen molar-refractivity contribution in [2.75, 3.05) is 5.32 Å². The summed E-state index contributed by atoms with van der Waals surface area (Å²) in [4.78, 5) is 25.0. The van der Waals surface area contributed by atoms with Crippen molar-refractivity contribution in [3.05, 3.63) is 70.9 Å². The Hall–Kier alpha value is -2.99. The van der Waals surface area contributed by atoms with Crippen LogP contribution in [0.3, 0.4) is 0 Å². The Balaban J connectivity index is 1.84. The van der Waals surface area contributed by atoms with Gasteiger partial charge in [-0.2, -0.15) is 0 Å². The van der Waals surface area contributed by atoms with Crippen LogP contribution in [-0.4, -0.2) is 20.9 Å². The normalized spacial score (nSPS) is 10.4. The summed E-state index contributed by atoms with van der Waals surface area (Å²) in [6.07, 6.45) is 5.42. The zero-order chi connectivity index (χ0) is 18.5. The first kappa shape index (κ1) is 17.8. The monoisotopic (exact) mass is 368 g/mol. The predicted molar refractivity (Wildman–Crippen MR) is 99.9 cm³/mol. The number of aryl methyl sites for hydroxylation is 2. The van der Waals surface area contributed by atoms with E-state index in [0.29, 0.717) is 28.8 Å². The highest BCUT2D eigenvalue weighted by atomic mass is 35.5. The van der Waals surface area contributed by atoms with Crippen LogP contribution in [0, 0.1) is 6.92 Å². The third-order valence-corrected chi connectivity index (χ3v) is 3.72. The van der Waals surface area contributed by atoms with Gasteiger partial charge in [0.15, 0.2) is 0 Å². The van der Waals surface area contributed by atoms with Gasteiger partial charge >= 0.3 is 0 Å². The maximum atomic E-state index is 12.5. The maximum absolute atomic E-state index is 12.5. The molecule has 3 rings (SSSR count). The molecule has 26 heavy (non-hydrogen) atoms. The van der Waals surface area contributed by atoms with Crippen LogP contribution in [-0.2, 0) is 6.42 Å². The second-order valence-electron chi connectivity index (χ2n) is 5.65. The van der Waals surface area contributed by atoms with E-state index in [1.54, 1.807) is 36.7 Å². The second-order valence-corrected chi connectivity index (χ2v) is 6.09. The second kappa shape index (κ2) is 7.93. The molecular weight excluding hydrogens is 352 g/mol. The maximum Gasteiger partial charge on any atom is 0.275 e. The van der Waals surface area contributed by atoms with Crippen LogP contribution in [0.4, 0.5) is 5.82 Å². The number of anilines is 1. The van der Waals surface area contributed by atoms with Crippen LogP contribution in [0.15, 0.2) is 48.9 Å². The number of nitrogens with zero attached hydrogens (tertiary/aromatic N) is 3. The van der Waals surface area contributed by atoms with Gasteiger partial charge in [0.2, 0.25) is 0 Å². The van der Waals surface area contributed by atoms with Crippen molar-refractivity contribution in [3.8, 4) is 11.5 Å². The average Bonchev–Trinajstić information content (AvgIpc) is 2.63. The van der Waals surface area contributed by atoms with E-state index >= 15 is 0 Å². The molecule has 132 valence electrons. The van der Waals surface area contributed by atoms with E-state index in [4.69, 9.17) is 16.3 Å². The third kappa shape index (κ3) is 4.55. The fourth-order valence-corrected chi connectivity index (χ4v) is 2.39. The first-order valence-electron chi connectivity index (χ1n) is 8.07. The largest absolute Gasteiger partial charge is 0.456 e. The van der Waals surface area contributed by atoms with Crippen molar-refractivity contribution in [1.29, 1.82) is 0 Å². The number of carbonyl (C=O) groups excluding carboxylic acids is 1. The van der Waals surface area contributed by atoms with Crippen molar-refractivity contribution < 1.29 is 9.53 Å². The molecule has 3 heterocycles. The minimum absolute atomic E-state index is 0.247. The Morgan fingerprint density at radius 3 is 2.69 bits per heavy atom. The first-order valence-corrected chi connectivity index (χ1v) is 8.44. The van der Waals surface area contributed by atoms with E-state index in [1.807, 2.05) is 19.9 Å². The van der Waals surface area contributed by atoms with E-state index in [9.17, 15) is 4.79 Å². The number of aromatic nitrogens is 3. The Bertz CT molecular complexity index is 929.